The van der Waals surface area contributed by atoms with E-state index in [0.29, 0.717) is 11.7 Å². The summed E-state index contributed by atoms with van der Waals surface area (Å²) in [5, 5.41) is 10.2. The van der Waals surface area contributed by atoms with Crippen molar-refractivity contribution in [1.82, 2.24) is 20.5 Å². The van der Waals surface area contributed by atoms with Crippen LogP contribution in [0, 0.1) is 6.92 Å². The zero-order valence-corrected chi connectivity index (χ0v) is 12.6. The van der Waals surface area contributed by atoms with E-state index in [1.807, 2.05) is 45.0 Å². The third kappa shape index (κ3) is 3.60. The van der Waals surface area contributed by atoms with Gasteiger partial charge in [0, 0.05) is 12.1 Å². The lowest BCUT2D eigenvalue weighted by Gasteiger charge is -2.07. The summed E-state index contributed by atoms with van der Waals surface area (Å²) < 4.78 is 0. The third-order valence-electron chi connectivity index (χ3n) is 2.79. The van der Waals surface area contributed by atoms with Crippen molar-refractivity contribution in [3.05, 3.63) is 29.8 Å². The van der Waals surface area contributed by atoms with Crippen LogP contribution in [0.2, 0.25) is 0 Å². The van der Waals surface area contributed by atoms with Crippen molar-refractivity contribution < 1.29 is 4.79 Å². The first-order valence-corrected chi connectivity index (χ1v) is 7.42. The molecule has 6 heteroatoms. The molecule has 2 aromatic rings. The minimum absolute atomic E-state index is 0.000754. The molecule has 0 spiro atoms. The number of hydrogen-bond donors (Lipinski definition) is 2. The molecule has 0 fully saturated rings. The fourth-order valence-electron chi connectivity index (χ4n) is 1.67. The van der Waals surface area contributed by atoms with Crippen molar-refractivity contribution >= 4 is 17.7 Å². The second-order valence-corrected chi connectivity index (χ2v) is 5.80. The maximum absolute atomic E-state index is 11.7. The predicted molar refractivity (Wildman–Crippen MR) is 80.6 cm³/mol. The summed E-state index contributed by atoms with van der Waals surface area (Å²) in [7, 11) is 0. The van der Waals surface area contributed by atoms with Gasteiger partial charge in [0.05, 0.1) is 5.25 Å². The van der Waals surface area contributed by atoms with Gasteiger partial charge >= 0.3 is 0 Å². The molecule has 0 saturated carbocycles. The molecule has 5 nitrogen and oxygen atoms in total. The summed E-state index contributed by atoms with van der Waals surface area (Å²) in [4.78, 5) is 16.1. The summed E-state index contributed by atoms with van der Waals surface area (Å²) in [6.45, 7) is 6.42. The Morgan fingerprint density at radius 2 is 2.10 bits per heavy atom. The number of thioether (sulfide) groups is 1. The van der Waals surface area contributed by atoms with E-state index in [0.717, 1.165) is 11.4 Å². The molecular weight excluding hydrogens is 272 g/mol. The number of aromatic nitrogens is 3. The number of hydrogen-bond acceptors (Lipinski definition) is 4. The standard InChI is InChI=1S/C14H18N4OS/c1-4-15-13(19)10(3)20-14-16-12(17-18-14)11-7-5-9(2)6-8-11/h5-8,10H,4H2,1-3H3,(H,15,19)(H,16,17,18)/t10-/m0/s1. The van der Waals surface area contributed by atoms with E-state index in [1.54, 1.807) is 0 Å². The molecule has 2 N–H and O–H groups in total. The molecule has 1 aromatic heterocycles. The van der Waals surface area contributed by atoms with Gasteiger partial charge in [-0.3, -0.25) is 9.89 Å². The summed E-state index contributed by atoms with van der Waals surface area (Å²) in [6.07, 6.45) is 0. The fraction of sp³-hybridized carbons (Fsp3) is 0.357. The molecule has 0 radical (unpaired) electrons. The van der Waals surface area contributed by atoms with Crippen LogP contribution in [0.1, 0.15) is 19.4 Å². The Kier molecular flexibility index (Phi) is 4.79. The number of carbonyl (C=O) groups is 1. The number of nitrogens with zero attached hydrogens (tertiary/aromatic N) is 2. The van der Waals surface area contributed by atoms with Crippen LogP contribution in [0.3, 0.4) is 0 Å². The van der Waals surface area contributed by atoms with Crippen LogP contribution in [0.5, 0.6) is 0 Å². The van der Waals surface area contributed by atoms with E-state index in [2.05, 4.69) is 20.5 Å². The van der Waals surface area contributed by atoms with Crippen LogP contribution in [0.15, 0.2) is 29.4 Å². The highest BCUT2D eigenvalue weighted by Crippen LogP contribution is 2.22. The molecule has 0 aliphatic carbocycles. The van der Waals surface area contributed by atoms with Gasteiger partial charge in [0.15, 0.2) is 5.82 Å². The van der Waals surface area contributed by atoms with Gasteiger partial charge in [-0.25, -0.2) is 4.98 Å². The zero-order valence-electron chi connectivity index (χ0n) is 11.8. The predicted octanol–water partition coefficient (Wildman–Crippen LogP) is 2.40. The largest absolute Gasteiger partial charge is 0.355 e. The summed E-state index contributed by atoms with van der Waals surface area (Å²) in [5.74, 6) is 0.717. The first kappa shape index (κ1) is 14.6. The smallest absolute Gasteiger partial charge is 0.233 e. The molecule has 0 unspecified atom stereocenters. The molecule has 0 bridgehead atoms. The molecule has 1 aromatic carbocycles. The van der Waals surface area contributed by atoms with E-state index < -0.39 is 0 Å². The summed E-state index contributed by atoms with van der Waals surface area (Å²) in [5.41, 5.74) is 2.19. The number of rotatable bonds is 5. The number of benzene rings is 1. The average molecular weight is 290 g/mol. The average Bonchev–Trinajstić information content (AvgIpc) is 2.88. The van der Waals surface area contributed by atoms with Crippen molar-refractivity contribution in [3.63, 3.8) is 0 Å². The lowest BCUT2D eigenvalue weighted by atomic mass is 10.1. The normalized spacial score (nSPS) is 12.2. The highest BCUT2D eigenvalue weighted by molar-refractivity contribution is 8.00. The maximum atomic E-state index is 11.7. The van der Waals surface area contributed by atoms with Gasteiger partial charge in [-0.1, -0.05) is 41.6 Å². The number of aryl methyl sites for hydroxylation is 1. The van der Waals surface area contributed by atoms with E-state index >= 15 is 0 Å². The second-order valence-electron chi connectivity index (χ2n) is 4.49. The molecule has 20 heavy (non-hydrogen) atoms. The zero-order chi connectivity index (χ0) is 14.5. The molecule has 2 rings (SSSR count). The molecule has 1 amide bonds. The van der Waals surface area contributed by atoms with Crippen molar-refractivity contribution in [3.8, 4) is 11.4 Å². The first-order chi connectivity index (χ1) is 9.60. The van der Waals surface area contributed by atoms with Crippen molar-refractivity contribution in [1.29, 1.82) is 0 Å². The maximum Gasteiger partial charge on any atom is 0.233 e. The van der Waals surface area contributed by atoms with E-state index in [1.165, 1.54) is 17.3 Å². The van der Waals surface area contributed by atoms with Crippen molar-refractivity contribution in [2.24, 2.45) is 0 Å². The number of aromatic amines is 1. The summed E-state index contributed by atoms with van der Waals surface area (Å²) in [6, 6.07) is 8.05. The molecule has 0 aliphatic heterocycles. The SMILES string of the molecule is CCNC(=O)[C@H](C)Sc1n[nH]c(-c2ccc(C)cc2)n1. The van der Waals surface area contributed by atoms with E-state index in [9.17, 15) is 4.79 Å². The van der Waals surface area contributed by atoms with Crippen molar-refractivity contribution in [2.75, 3.05) is 6.54 Å². The van der Waals surface area contributed by atoms with Gasteiger partial charge in [0.2, 0.25) is 11.1 Å². The second kappa shape index (κ2) is 6.56. The van der Waals surface area contributed by atoms with Gasteiger partial charge in [-0.15, -0.1) is 5.10 Å². The molecule has 106 valence electrons. The minimum Gasteiger partial charge on any atom is -0.355 e. The summed E-state index contributed by atoms with van der Waals surface area (Å²) >= 11 is 1.34. The van der Waals surface area contributed by atoms with Crippen LogP contribution in [0.4, 0.5) is 0 Å². The van der Waals surface area contributed by atoms with Crippen LogP contribution >= 0.6 is 11.8 Å². The highest BCUT2D eigenvalue weighted by Gasteiger charge is 2.16. The molecular formula is C14H18N4OS. The Morgan fingerprint density at radius 1 is 1.40 bits per heavy atom. The lowest BCUT2D eigenvalue weighted by molar-refractivity contribution is -0.120. The van der Waals surface area contributed by atoms with Crippen LogP contribution in [-0.2, 0) is 4.79 Å². The Bertz CT molecular complexity index is 579. The minimum atomic E-state index is -0.211. The van der Waals surface area contributed by atoms with Crippen LogP contribution < -0.4 is 5.32 Å². The lowest BCUT2D eigenvalue weighted by Crippen LogP contribution is -2.30. The van der Waals surface area contributed by atoms with Crippen molar-refractivity contribution in [2.45, 2.75) is 31.2 Å². The fourth-order valence-corrected chi connectivity index (χ4v) is 2.42. The Morgan fingerprint density at radius 3 is 2.75 bits per heavy atom. The van der Waals surface area contributed by atoms with Crippen LogP contribution in [-0.4, -0.2) is 32.9 Å². The molecule has 1 heterocycles. The number of carbonyl (C=O) groups excluding carboxylic acids is 1. The topological polar surface area (TPSA) is 70.7 Å². The Hall–Kier alpha value is -1.82. The third-order valence-corrected chi connectivity index (χ3v) is 3.75. The van der Waals surface area contributed by atoms with Gasteiger partial charge in [-0.2, -0.15) is 0 Å². The van der Waals surface area contributed by atoms with E-state index in [4.69, 9.17) is 0 Å². The van der Waals surface area contributed by atoms with E-state index in [-0.39, 0.29) is 11.2 Å². The van der Waals surface area contributed by atoms with Crippen LogP contribution in [0.25, 0.3) is 11.4 Å². The Balaban J connectivity index is 2.05. The Labute approximate surface area is 122 Å². The molecule has 0 aliphatic rings. The van der Waals surface area contributed by atoms with Gasteiger partial charge in [-0.05, 0) is 20.8 Å². The van der Waals surface area contributed by atoms with Gasteiger partial charge in [0.25, 0.3) is 0 Å². The highest BCUT2D eigenvalue weighted by atomic mass is 32.2. The van der Waals surface area contributed by atoms with Gasteiger partial charge in [0.1, 0.15) is 0 Å². The number of nitrogens with one attached hydrogen (secondary N) is 2. The number of amides is 1. The quantitative estimate of drug-likeness (QED) is 0.830. The molecule has 0 saturated heterocycles. The first-order valence-electron chi connectivity index (χ1n) is 6.54. The molecule has 1 atom stereocenters. The monoisotopic (exact) mass is 290 g/mol. The van der Waals surface area contributed by atoms with Gasteiger partial charge < -0.3 is 5.32 Å². The number of H-pyrrole nitrogens is 1.